The Morgan fingerprint density at radius 3 is 2.35 bits per heavy atom. The topological polar surface area (TPSA) is 72.5 Å². The van der Waals surface area contributed by atoms with Gasteiger partial charge in [0.1, 0.15) is 0 Å². The maximum absolute atomic E-state index is 11.6. The Labute approximate surface area is 124 Å². The van der Waals surface area contributed by atoms with Crippen molar-refractivity contribution in [2.75, 3.05) is 6.61 Å². The van der Waals surface area contributed by atoms with Crippen LogP contribution in [0.3, 0.4) is 0 Å². The van der Waals surface area contributed by atoms with E-state index in [-0.39, 0.29) is 12.4 Å². The largest absolute Gasteiger partial charge is 0.466 e. The highest BCUT2D eigenvalue weighted by Gasteiger charge is 2.28. The van der Waals surface area contributed by atoms with Gasteiger partial charge in [0, 0.05) is 10.6 Å². The fraction of sp³-hybridized carbons (Fsp3) is 0.533. The fourth-order valence-electron chi connectivity index (χ4n) is 1.89. The minimum Gasteiger partial charge on any atom is -0.466 e. The standard InChI is InChI=1S/C15H22ClNO3/c1-5-20-13(18)9-15(4,17)11-6-10(14(2,3)19)7-12(16)8-11/h6-8,19H,5,9,17H2,1-4H3/t15-/m0/s1. The van der Waals surface area contributed by atoms with E-state index in [0.29, 0.717) is 22.8 Å². The van der Waals surface area contributed by atoms with Gasteiger partial charge >= 0.3 is 5.97 Å². The smallest absolute Gasteiger partial charge is 0.307 e. The third kappa shape index (κ3) is 4.47. The van der Waals surface area contributed by atoms with Crippen LogP contribution in [0, 0.1) is 0 Å². The van der Waals surface area contributed by atoms with Gasteiger partial charge in [-0.05, 0) is 51.0 Å². The molecule has 0 aliphatic carbocycles. The minimum atomic E-state index is -1.03. The second kappa shape index (κ2) is 6.12. The van der Waals surface area contributed by atoms with Gasteiger partial charge < -0.3 is 15.6 Å². The van der Waals surface area contributed by atoms with Gasteiger partial charge in [-0.15, -0.1) is 0 Å². The first kappa shape index (κ1) is 17.0. The lowest BCUT2D eigenvalue weighted by atomic mass is 9.86. The molecule has 1 atom stereocenters. The molecule has 0 spiro atoms. The molecular formula is C15H22ClNO3. The summed E-state index contributed by atoms with van der Waals surface area (Å²) in [6, 6.07) is 5.16. The molecule has 20 heavy (non-hydrogen) atoms. The molecule has 0 radical (unpaired) electrons. The monoisotopic (exact) mass is 299 g/mol. The lowest BCUT2D eigenvalue weighted by Crippen LogP contribution is -2.36. The maximum atomic E-state index is 11.6. The third-order valence-corrected chi connectivity index (χ3v) is 3.30. The van der Waals surface area contributed by atoms with Gasteiger partial charge in [0.05, 0.1) is 18.6 Å². The van der Waals surface area contributed by atoms with Crippen LogP contribution in [0.5, 0.6) is 0 Å². The Morgan fingerprint density at radius 2 is 1.85 bits per heavy atom. The van der Waals surface area contributed by atoms with Crippen LogP contribution in [0.4, 0.5) is 0 Å². The van der Waals surface area contributed by atoms with E-state index in [9.17, 15) is 9.90 Å². The molecular weight excluding hydrogens is 278 g/mol. The summed E-state index contributed by atoms with van der Waals surface area (Å²) in [7, 11) is 0. The van der Waals surface area contributed by atoms with Crippen LogP contribution in [0.1, 0.15) is 45.2 Å². The van der Waals surface area contributed by atoms with Gasteiger partial charge in [0.2, 0.25) is 0 Å². The molecule has 0 aliphatic rings. The SMILES string of the molecule is CCOC(=O)C[C@](C)(N)c1cc(Cl)cc(C(C)(C)O)c1. The molecule has 0 amide bonds. The van der Waals surface area contributed by atoms with Crippen molar-refractivity contribution in [2.24, 2.45) is 5.73 Å². The number of esters is 1. The van der Waals surface area contributed by atoms with E-state index in [0.717, 1.165) is 0 Å². The summed E-state index contributed by atoms with van der Waals surface area (Å²) >= 11 is 6.08. The van der Waals surface area contributed by atoms with Crippen molar-refractivity contribution < 1.29 is 14.6 Å². The molecule has 1 rings (SSSR count). The lowest BCUT2D eigenvalue weighted by Gasteiger charge is -2.27. The summed E-state index contributed by atoms with van der Waals surface area (Å²) in [5.74, 6) is -0.359. The van der Waals surface area contributed by atoms with E-state index in [1.807, 2.05) is 0 Å². The van der Waals surface area contributed by atoms with Gasteiger partial charge in [-0.3, -0.25) is 4.79 Å². The van der Waals surface area contributed by atoms with Gasteiger partial charge in [0.15, 0.2) is 0 Å². The second-order valence-corrected chi connectivity index (χ2v) is 6.12. The molecule has 0 saturated heterocycles. The summed E-state index contributed by atoms with van der Waals surface area (Å²) in [5, 5.41) is 10.6. The molecule has 1 aromatic carbocycles. The number of nitrogens with two attached hydrogens (primary N) is 1. The van der Waals surface area contributed by atoms with Gasteiger partial charge in [0.25, 0.3) is 0 Å². The first-order valence-electron chi connectivity index (χ1n) is 6.54. The Kier molecular flexibility index (Phi) is 5.19. The van der Waals surface area contributed by atoms with E-state index in [1.54, 1.807) is 45.9 Å². The van der Waals surface area contributed by atoms with Crippen molar-refractivity contribution in [2.45, 2.75) is 45.3 Å². The molecule has 0 fully saturated rings. The molecule has 0 aromatic heterocycles. The molecule has 0 saturated carbocycles. The molecule has 0 heterocycles. The highest BCUT2D eigenvalue weighted by Crippen LogP contribution is 2.30. The van der Waals surface area contributed by atoms with E-state index in [1.165, 1.54) is 0 Å². The Bertz CT molecular complexity index is 492. The van der Waals surface area contributed by atoms with Crippen LogP contribution in [-0.4, -0.2) is 17.7 Å². The number of ether oxygens (including phenoxy) is 1. The zero-order valence-corrected chi connectivity index (χ0v) is 13.1. The van der Waals surface area contributed by atoms with E-state index in [4.69, 9.17) is 22.1 Å². The van der Waals surface area contributed by atoms with Crippen molar-refractivity contribution in [3.05, 3.63) is 34.3 Å². The van der Waals surface area contributed by atoms with Gasteiger partial charge in [-0.25, -0.2) is 0 Å². The van der Waals surface area contributed by atoms with Gasteiger partial charge in [-0.2, -0.15) is 0 Å². The lowest BCUT2D eigenvalue weighted by molar-refractivity contribution is -0.144. The summed E-state index contributed by atoms with van der Waals surface area (Å²) in [6.07, 6.45) is 0.0481. The summed E-state index contributed by atoms with van der Waals surface area (Å²) in [5.41, 5.74) is 5.62. The quantitative estimate of drug-likeness (QED) is 0.820. The highest BCUT2D eigenvalue weighted by molar-refractivity contribution is 6.30. The second-order valence-electron chi connectivity index (χ2n) is 5.69. The molecule has 0 aliphatic heterocycles. The zero-order chi connectivity index (χ0) is 15.6. The third-order valence-electron chi connectivity index (χ3n) is 3.08. The molecule has 0 unspecified atom stereocenters. The number of hydrogen-bond donors (Lipinski definition) is 2. The number of aliphatic hydroxyl groups is 1. The number of carbonyl (C=O) groups excluding carboxylic acids is 1. The Morgan fingerprint density at radius 1 is 1.30 bits per heavy atom. The molecule has 3 N–H and O–H groups in total. The number of carbonyl (C=O) groups is 1. The van der Waals surface area contributed by atoms with E-state index in [2.05, 4.69) is 0 Å². The predicted molar refractivity (Wildman–Crippen MR) is 79.5 cm³/mol. The van der Waals surface area contributed by atoms with Crippen molar-refractivity contribution in [3.63, 3.8) is 0 Å². The minimum absolute atomic E-state index is 0.0481. The summed E-state index contributed by atoms with van der Waals surface area (Å²) in [4.78, 5) is 11.6. The predicted octanol–water partition coefficient (Wildman–Crippen LogP) is 2.69. The normalized spacial score (nSPS) is 14.8. The first-order valence-corrected chi connectivity index (χ1v) is 6.92. The molecule has 5 heteroatoms. The van der Waals surface area contributed by atoms with Crippen LogP contribution < -0.4 is 5.73 Å². The van der Waals surface area contributed by atoms with Crippen LogP contribution in [-0.2, 0) is 20.7 Å². The van der Waals surface area contributed by atoms with Crippen molar-refractivity contribution in [3.8, 4) is 0 Å². The van der Waals surface area contributed by atoms with Crippen LogP contribution in [0.25, 0.3) is 0 Å². The van der Waals surface area contributed by atoms with Crippen LogP contribution in [0.2, 0.25) is 5.02 Å². The Balaban J connectivity index is 3.11. The number of benzene rings is 1. The number of halogens is 1. The molecule has 1 aromatic rings. The van der Waals surface area contributed by atoms with Crippen LogP contribution >= 0.6 is 11.6 Å². The average molecular weight is 300 g/mol. The van der Waals surface area contributed by atoms with Crippen molar-refractivity contribution in [1.29, 1.82) is 0 Å². The highest BCUT2D eigenvalue weighted by atomic mass is 35.5. The number of rotatable bonds is 5. The molecule has 112 valence electrons. The maximum Gasteiger partial charge on any atom is 0.307 e. The first-order chi connectivity index (χ1) is 9.06. The molecule has 4 nitrogen and oxygen atoms in total. The summed E-state index contributed by atoms with van der Waals surface area (Å²) in [6.45, 7) is 7.14. The van der Waals surface area contributed by atoms with Crippen molar-refractivity contribution >= 4 is 17.6 Å². The average Bonchev–Trinajstić information content (AvgIpc) is 2.26. The Hall–Kier alpha value is -1.10. The fourth-order valence-corrected chi connectivity index (χ4v) is 2.12. The van der Waals surface area contributed by atoms with E-state index < -0.39 is 11.1 Å². The number of hydrogen-bond acceptors (Lipinski definition) is 4. The van der Waals surface area contributed by atoms with Gasteiger partial charge in [-0.1, -0.05) is 17.7 Å². The zero-order valence-electron chi connectivity index (χ0n) is 12.4. The summed E-state index contributed by atoms with van der Waals surface area (Å²) < 4.78 is 4.93. The van der Waals surface area contributed by atoms with E-state index >= 15 is 0 Å². The van der Waals surface area contributed by atoms with Crippen LogP contribution in [0.15, 0.2) is 18.2 Å². The molecule has 0 bridgehead atoms. The van der Waals surface area contributed by atoms with Crippen molar-refractivity contribution in [1.82, 2.24) is 0 Å².